The Balaban J connectivity index is 1.70. The van der Waals surface area contributed by atoms with Crippen LogP contribution in [0.25, 0.3) is 5.69 Å². The number of hydrogen-bond acceptors (Lipinski definition) is 5. The summed E-state index contributed by atoms with van der Waals surface area (Å²) in [5.74, 6) is -0.0148. The lowest BCUT2D eigenvalue weighted by molar-refractivity contribution is -0.384. The number of pyridine rings is 1. The SMILES string of the molecule is COc1cc([N+](=O)[O-])ccc1-n1c(C)cc(C2C(c3ccccn3)NC(=S)N2c2ccccc2F)c1C. The van der Waals surface area contributed by atoms with Crippen LogP contribution in [0.4, 0.5) is 15.8 Å². The van der Waals surface area contributed by atoms with Crippen molar-refractivity contribution < 1.29 is 14.1 Å². The van der Waals surface area contributed by atoms with E-state index in [0.29, 0.717) is 22.2 Å². The summed E-state index contributed by atoms with van der Waals surface area (Å²) in [6.45, 7) is 3.90. The molecule has 4 aromatic rings. The summed E-state index contributed by atoms with van der Waals surface area (Å²) in [4.78, 5) is 17.2. The predicted molar refractivity (Wildman–Crippen MR) is 143 cm³/mol. The van der Waals surface area contributed by atoms with Gasteiger partial charge >= 0.3 is 0 Å². The number of nitrogens with zero attached hydrogens (tertiary/aromatic N) is 4. The molecule has 3 heterocycles. The van der Waals surface area contributed by atoms with Crippen molar-refractivity contribution in [3.05, 3.63) is 112 Å². The standard InChI is InChI=1S/C27H24FN5O3S/c1-16-14-19(17(2)31(16)23-12-11-18(33(34)35)15-24(23)36-3)26-25(21-9-6-7-13-29-21)30-27(37)32(26)22-10-5-4-8-20(22)28/h4-15,25-26H,1-3H3,(H,30,37). The third kappa shape index (κ3) is 4.19. The first kappa shape index (κ1) is 24.4. The van der Waals surface area contributed by atoms with Crippen LogP contribution in [0.5, 0.6) is 5.75 Å². The molecule has 2 atom stereocenters. The number of aromatic nitrogens is 2. The average Bonchev–Trinajstić information content (AvgIpc) is 3.39. The second kappa shape index (κ2) is 9.62. The van der Waals surface area contributed by atoms with Gasteiger partial charge in [0.05, 0.1) is 47.3 Å². The fraction of sp³-hybridized carbons (Fsp3) is 0.185. The fourth-order valence-electron chi connectivity index (χ4n) is 5.00. The maximum atomic E-state index is 15.1. The largest absolute Gasteiger partial charge is 0.494 e. The number of para-hydroxylation sites is 1. The molecule has 2 aromatic heterocycles. The molecule has 188 valence electrons. The molecule has 0 amide bonds. The van der Waals surface area contributed by atoms with E-state index in [1.165, 1.54) is 25.3 Å². The maximum Gasteiger partial charge on any atom is 0.273 e. The highest BCUT2D eigenvalue weighted by molar-refractivity contribution is 7.80. The van der Waals surface area contributed by atoms with Crippen molar-refractivity contribution in [3.8, 4) is 11.4 Å². The fourth-order valence-corrected chi connectivity index (χ4v) is 5.34. The first-order chi connectivity index (χ1) is 17.8. The van der Waals surface area contributed by atoms with Gasteiger partial charge in [-0.05, 0) is 68.0 Å². The summed E-state index contributed by atoms with van der Waals surface area (Å²) in [5.41, 5.74) is 4.38. The molecule has 2 unspecified atom stereocenters. The molecule has 1 fully saturated rings. The van der Waals surface area contributed by atoms with Crippen LogP contribution in [0.2, 0.25) is 0 Å². The van der Waals surface area contributed by atoms with Gasteiger partial charge in [-0.2, -0.15) is 0 Å². The van der Waals surface area contributed by atoms with Crippen molar-refractivity contribution >= 4 is 28.7 Å². The van der Waals surface area contributed by atoms with Crippen molar-refractivity contribution in [3.63, 3.8) is 0 Å². The van der Waals surface area contributed by atoms with Crippen LogP contribution in [0.3, 0.4) is 0 Å². The van der Waals surface area contributed by atoms with Gasteiger partial charge in [-0.15, -0.1) is 0 Å². The lowest BCUT2D eigenvalue weighted by atomic mass is 9.96. The molecular weight excluding hydrogens is 493 g/mol. The van der Waals surface area contributed by atoms with Crippen LogP contribution in [-0.2, 0) is 0 Å². The van der Waals surface area contributed by atoms with Gasteiger partial charge in [-0.25, -0.2) is 4.39 Å². The van der Waals surface area contributed by atoms with E-state index in [1.807, 2.05) is 42.7 Å². The summed E-state index contributed by atoms with van der Waals surface area (Å²) < 4.78 is 22.6. The van der Waals surface area contributed by atoms with E-state index >= 15 is 4.39 Å². The number of nitro groups is 1. The number of thiocarbonyl (C=S) groups is 1. The van der Waals surface area contributed by atoms with Crippen molar-refractivity contribution in [1.29, 1.82) is 0 Å². The average molecular weight is 518 g/mol. The Morgan fingerprint density at radius 2 is 1.84 bits per heavy atom. The Hall–Kier alpha value is -4.31. The Morgan fingerprint density at radius 1 is 1.08 bits per heavy atom. The van der Waals surface area contributed by atoms with Crippen LogP contribution in [0.1, 0.15) is 34.7 Å². The molecule has 0 radical (unpaired) electrons. The summed E-state index contributed by atoms with van der Waals surface area (Å²) in [5, 5.41) is 15.1. The predicted octanol–water partition coefficient (Wildman–Crippen LogP) is 5.72. The van der Waals surface area contributed by atoms with Gasteiger partial charge in [0.15, 0.2) is 5.11 Å². The number of methoxy groups -OCH3 is 1. The summed E-state index contributed by atoms with van der Waals surface area (Å²) in [7, 11) is 1.48. The van der Waals surface area contributed by atoms with E-state index in [-0.39, 0.29) is 17.5 Å². The Bertz CT molecular complexity index is 1510. The molecular formula is C27H24FN5O3S. The number of nitrogens with one attached hydrogen (secondary N) is 1. The number of nitro benzene ring substituents is 1. The monoisotopic (exact) mass is 517 g/mol. The zero-order chi connectivity index (χ0) is 26.3. The van der Waals surface area contributed by atoms with E-state index in [4.69, 9.17) is 17.0 Å². The number of anilines is 1. The molecule has 2 aromatic carbocycles. The molecule has 10 heteroatoms. The molecule has 5 rings (SSSR count). The number of benzene rings is 2. The molecule has 1 saturated heterocycles. The van der Waals surface area contributed by atoms with Crippen LogP contribution in [0, 0.1) is 29.8 Å². The molecule has 1 aliphatic heterocycles. The number of aryl methyl sites for hydroxylation is 1. The lowest BCUT2D eigenvalue weighted by Gasteiger charge is -2.28. The first-order valence-corrected chi connectivity index (χ1v) is 12.0. The normalized spacial score (nSPS) is 17.1. The molecule has 1 N–H and O–H groups in total. The van der Waals surface area contributed by atoms with Crippen LogP contribution in [-0.4, -0.2) is 26.7 Å². The Labute approximate surface area is 218 Å². The smallest absolute Gasteiger partial charge is 0.273 e. The van der Waals surface area contributed by atoms with Gasteiger partial charge < -0.3 is 19.5 Å². The quantitative estimate of drug-likeness (QED) is 0.199. The Kier molecular flexibility index (Phi) is 6.34. The Morgan fingerprint density at radius 3 is 2.51 bits per heavy atom. The van der Waals surface area contributed by atoms with Crippen molar-refractivity contribution in [2.45, 2.75) is 25.9 Å². The molecule has 0 saturated carbocycles. The van der Waals surface area contributed by atoms with Crippen molar-refractivity contribution in [1.82, 2.24) is 14.9 Å². The minimum Gasteiger partial charge on any atom is -0.494 e. The number of non-ortho nitro benzene ring substituents is 1. The second-order valence-electron chi connectivity index (χ2n) is 8.72. The zero-order valence-corrected chi connectivity index (χ0v) is 21.2. The number of ether oxygens (including phenoxy) is 1. The van der Waals surface area contributed by atoms with Crippen LogP contribution in [0.15, 0.2) is 72.9 Å². The van der Waals surface area contributed by atoms with Gasteiger partial charge in [-0.3, -0.25) is 15.1 Å². The summed E-state index contributed by atoms with van der Waals surface area (Å²) in [6.07, 6.45) is 1.72. The van der Waals surface area contributed by atoms with Gasteiger partial charge in [0.2, 0.25) is 0 Å². The highest BCUT2D eigenvalue weighted by Crippen LogP contribution is 2.45. The second-order valence-corrected chi connectivity index (χ2v) is 9.11. The van der Waals surface area contributed by atoms with Gasteiger partial charge in [0.1, 0.15) is 11.6 Å². The lowest BCUT2D eigenvalue weighted by Crippen LogP contribution is -2.30. The van der Waals surface area contributed by atoms with Crippen molar-refractivity contribution in [2.24, 2.45) is 0 Å². The van der Waals surface area contributed by atoms with Gasteiger partial charge in [0, 0.05) is 23.7 Å². The highest BCUT2D eigenvalue weighted by atomic mass is 32.1. The molecule has 8 nitrogen and oxygen atoms in total. The summed E-state index contributed by atoms with van der Waals surface area (Å²) >= 11 is 5.72. The van der Waals surface area contributed by atoms with E-state index in [1.54, 1.807) is 35.4 Å². The van der Waals surface area contributed by atoms with E-state index in [2.05, 4.69) is 10.3 Å². The number of halogens is 1. The highest BCUT2D eigenvalue weighted by Gasteiger charge is 2.43. The van der Waals surface area contributed by atoms with E-state index < -0.39 is 11.0 Å². The van der Waals surface area contributed by atoms with Crippen LogP contribution >= 0.6 is 12.2 Å². The van der Waals surface area contributed by atoms with Gasteiger partial charge in [-0.1, -0.05) is 18.2 Å². The molecule has 0 aliphatic carbocycles. The third-order valence-corrected chi connectivity index (χ3v) is 6.93. The zero-order valence-electron chi connectivity index (χ0n) is 20.4. The first-order valence-electron chi connectivity index (χ1n) is 11.6. The summed E-state index contributed by atoms with van der Waals surface area (Å²) in [6, 6.07) is 18.0. The number of rotatable bonds is 6. The minimum atomic E-state index is -0.456. The molecule has 0 bridgehead atoms. The minimum absolute atomic E-state index is 0.0606. The maximum absolute atomic E-state index is 15.1. The number of hydrogen-bond donors (Lipinski definition) is 1. The van der Waals surface area contributed by atoms with E-state index in [0.717, 1.165) is 22.6 Å². The van der Waals surface area contributed by atoms with Crippen LogP contribution < -0.4 is 15.0 Å². The third-order valence-electron chi connectivity index (χ3n) is 6.61. The van der Waals surface area contributed by atoms with E-state index in [9.17, 15) is 10.1 Å². The molecule has 0 spiro atoms. The molecule has 37 heavy (non-hydrogen) atoms. The van der Waals surface area contributed by atoms with Crippen molar-refractivity contribution in [2.75, 3.05) is 12.0 Å². The topological polar surface area (TPSA) is 85.5 Å². The molecule has 1 aliphatic rings. The van der Waals surface area contributed by atoms with Gasteiger partial charge in [0.25, 0.3) is 5.69 Å².